The zero-order chi connectivity index (χ0) is 8.13. The lowest BCUT2D eigenvalue weighted by molar-refractivity contribution is 0.133. The van der Waals surface area contributed by atoms with Crippen molar-refractivity contribution in [1.29, 1.82) is 0 Å². The van der Waals surface area contributed by atoms with Crippen molar-refractivity contribution in [2.75, 3.05) is 0 Å². The summed E-state index contributed by atoms with van der Waals surface area (Å²) < 4.78 is 8.45. The Labute approximate surface area is 81.1 Å². The first-order chi connectivity index (χ1) is 5.86. The maximum Gasteiger partial charge on any atom is 0.195 e. The molecule has 2 aromatic heterocycles. The zero-order valence-corrected chi connectivity index (χ0v) is 8.48. The van der Waals surface area contributed by atoms with Crippen LogP contribution in [-0.2, 0) is 18.0 Å². The van der Waals surface area contributed by atoms with Crippen molar-refractivity contribution in [3.8, 4) is 0 Å². The van der Waals surface area contributed by atoms with E-state index in [9.17, 15) is 0 Å². The Morgan fingerprint density at radius 2 is 2.50 bits per heavy atom. The molecule has 0 bridgehead atoms. The summed E-state index contributed by atoms with van der Waals surface area (Å²) in [6.07, 6.45) is 1.82. The van der Waals surface area contributed by atoms with Crippen molar-refractivity contribution in [1.82, 2.24) is 9.38 Å². The molecule has 0 atom stereocenters. The van der Waals surface area contributed by atoms with Crippen LogP contribution in [0.25, 0.3) is 4.96 Å². The van der Waals surface area contributed by atoms with Crippen LogP contribution in [-0.4, -0.2) is 9.38 Å². The van der Waals surface area contributed by atoms with Gasteiger partial charge >= 0.3 is 0 Å². The molecular weight excluding hydrogens is 240 g/mol. The molecule has 0 N–H and O–H groups in total. The molecule has 3 nitrogen and oxygen atoms in total. The molecule has 0 saturated carbocycles. The first-order valence-electron chi connectivity index (χ1n) is 3.57. The van der Waals surface area contributed by atoms with Gasteiger partial charge in [0.05, 0.1) is 30.0 Å². The number of aromatic nitrogens is 2. The van der Waals surface area contributed by atoms with Crippen LogP contribution in [0.15, 0.2) is 10.8 Å². The van der Waals surface area contributed by atoms with Crippen molar-refractivity contribution < 1.29 is 4.74 Å². The summed E-state index contributed by atoms with van der Waals surface area (Å²) in [6.45, 7) is 1.46. The molecule has 2 aromatic rings. The summed E-state index contributed by atoms with van der Waals surface area (Å²) in [5, 5.41) is 0. The Hall–Kier alpha value is -0.390. The first kappa shape index (κ1) is 7.06. The largest absolute Gasteiger partial charge is 0.370 e. The molecule has 0 fully saturated rings. The maximum absolute atomic E-state index is 5.33. The molecule has 3 rings (SSSR count). The van der Waals surface area contributed by atoms with E-state index >= 15 is 0 Å². The number of rotatable bonds is 0. The van der Waals surface area contributed by atoms with Crippen LogP contribution in [0.3, 0.4) is 0 Å². The molecule has 62 valence electrons. The van der Waals surface area contributed by atoms with Gasteiger partial charge in [0.2, 0.25) is 0 Å². The molecule has 1 aliphatic rings. The Morgan fingerprint density at radius 3 is 3.42 bits per heavy atom. The highest BCUT2D eigenvalue weighted by molar-refractivity contribution is 9.10. The van der Waals surface area contributed by atoms with Crippen molar-refractivity contribution in [3.63, 3.8) is 0 Å². The van der Waals surface area contributed by atoms with Crippen LogP contribution in [0.5, 0.6) is 0 Å². The molecule has 0 saturated heterocycles. The van der Waals surface area contributed by atoms with E-state index in [4.69, 9.17) is 4.74 Å². The number of ether oxygens (including phenoxy) is 1. The number of fused-ring (bicyclic) bond motifs is 3. The number of imidazole rings is 1. The highest BCUT2D eigenvalue weighted by atomic mass is 79.9. The minimum absolute atomic E-state index is 0.713. The number of hydrogen-bond acceptors (Lipinski definition) is 3. The fourth-order valence-corrected chi connectivity index (χ4v) is 3.06. The molecule has 5 heteroatoms. The van der Waals surface area contributed by atoms with Crippen molar-refractivity contribution in [2.24, 2.45) is 0 Å². The maximum atomic E-state index is 5.33. The zero-order valence-electron chi connectivity index (χ0n) is 6.08. The number of nitrogens with zero attached hydrogens (tertiary/aromatic N) is 2. The fourth-order valence-electron chi connectivity index (χ4n) is 1.42. The number of halogens is 1. The lowest BCUT2D eigenvalue weighted by Gasteiger charge is -1.92. The minimum atomic E-state index is 0.713. The van der Waals surface area contributed by atoms with Gasteiger partial charge in [-0.2, -0.15) is 0 Å². The van der Waals surface area contributed by atoms with E-state index in [1.54, 1.807) is 11.3 Å². The van der Waals surface area contributed by atoms with Crippen LogP contribution in [0.4, 0.5) is 0 Å². The third kappa shape index (κ3) is 0.760. The molecule has 0 aromatic carbocycles. The van der Waals surface area contributed by atoms with Crippen molar-refractivity contribution >= 4 is 32.2 Å². The van der Waals surface area contributed by atoms with Gasteiger partial charge in [-0.25, -0.2) is 4.98 Å². The monoisotopic (exact) mass is 244 g/mol. The summed E-state index contributed by atoms with van der Waals surface area (Å²) in [6, 6.07) is 0. The quantitative estimate of drug-likeness (QED) is 0.711. The van der Waals surface area contributed by atoms with Gasteiger partial charge in [0, 0.05) is 0 Å². The smallest absolute Gasteiger partial charge is 0.195 e. The van der Waals surface area contributed by atoms with Crippen molar-refractivity contribution in [2.45, 2.75) is 13.2 Å². The Kier molecular flexibility index (Phi) is 1.36. The predicted octanol–water partition coefficient (Wildman–Crippen LogP) is 2.19. The highest BCUT2D eigenvalue weighted by Crippen LogP contribution is 2.31. The van der Waals surface area contributed by atoms with E-state index in [-0.39, 0.29) is 0 Å². The summed E-state index contributed by atoms with van der Waals surface area (Å²) in [5.74, 6) is 0. The molecular formula is C7H5BrN2OS. The number of thiazole rings is 1. The molecule has 0 radical (unpaired) electrons. The van der Waals surface area contributed by atoms with Crippen molar-refractivity contribution in [3.05, 3.63) is 21.4 Å². The van der Waals surface area contributed by atoms with Crippen LogP contribution in [0, 0.1) is 0 Å². The van der Waals surface area contributed by atoms with Gasteiger partial charge in [-0.1, -0.05) is 11.3 Å². The Balaban J connectivity index is 2.46. The second-order valence-corrected chi connectivity index (χ2v) is 4.54. The average molecular weight is 245 g/mol. The summed E-state index contributed by atoms with van der Waals surface area (Å²) in [7, 11) is 0. The van der Waals surface area contributed by atoms with Gasteiger partial charge < -0.3 is 4.74 Å². The fraction of sp³-hybridized carbons (Fsp3) is 0.286. The third-order valence-corrected chi connectivity index (χ3v) is 3.59. The van der Waals surface area contributed by atoms with Crippen LogP contribution in [0.2, 0.25) is 0 Å². The van der Waals surface area contributed by atoms with Crippen LogP contribution < -0.4 is 0 Å². The predicted molar refractivity (Wildman–Crippen MR) is 49.3 cm³/mol. The lowest BCUT2D eigenvalue weighted by Crippen LogP contribution is -1.88. The molecule has 3 heterocycles. The Morgan fingerprint density at radius 1 is 1.58 bits per heavy atom. The van der Waals surface area contributed by atoms with Gasteiger partial charge in [-0.3, -0.25) is 4.40 Å². The third-order valence-electron chi connectivity index (χ3n) is 1.96. The topological polar surface area (TPSA) is 26.5 Å². The minimum Gasteiger partial charge on any atom is -0.370 e. The second-order valence-electron chi connectivity index (χ2n) is 2.66. The van der Waals surface area contributed by atoms with E-state index in [1.165, 1.54) is 10.6 Å². The van der Waals surface area contributed by atoms with E-state index < -0.39 is 0 Å². The van der Waals surface area contributed by atoms with Gasteiger partial charge in [0.15, 0.2) is 4.96 Å². The van der Waals surface area contributed by atoms with E-state index in [0.29, 0.717) is 6.61 Å². The molecule has 0 spiro atoms. The molecule has 0 aliphatic carbocycles. The van der Waals surface area contributed by atoms with E-state index in [1.807, 2.05) is 6.20 Å². The SMILES string of the molecule is Brc1cnc2sc3c(n12)COC3. The summed E-state index contributed by atoms with van der Waals surface area (Å²) in [5.41, 5.74) is 1.25. The first-order valence-corrected chi connectivity index (χ1v) is 5.18. The van der Waals surface area contributed by atoms with Gasteiger partial charge in [0.25, 0.3) is 0 Å². The molecule has 12 heavy (non-hydrogen) atoms. The normalized spacial score (nSPS) is 15.8. The Bertz CT molecular complexity index is 447. The van der Waals surface area contributed by atoms with Gasteiger partial charge in [-0.05, 0) is 15.9 Å². The molecule has 1 aliphatic heterocycles. The summed E-state index contributed by atoms with van der Waals surface area (Å²) >= 11 is 5.16. The summed E-state index contributed by atoms with van der Waals surface area (Å²) in [4.78, 5) is 6.62. The number of hydrogen-bond donors (Lipinski definition) is 0. The molecule has 0 unspecified atom stereocenters. The highest BCUT2D eigenvalue weighted by Gasteiger charge is 2.20. The average Bonchev–Trinajstić information content (AvgIpc) is 2.61. The van der Waals surface area contributed by atoms with Crippen LogP contribution >= 0.6 is 27.3 Å². The van der Waals surface area contributed by atoms with E-state index in [2.05, 4.69) is 25.3 Å². The van der Waals surface area contributed by atoms with Gasteiger partial charge in [0.1, 0.15) is 4.60 Å². The standard InChI is InChI=1S/C7H5BrN2OS/c8-6-1-9-7-10(6)4-2-11-3-5(4)12-7/h1H,2-3H2. The second kappa shape index (κ2) is 2.31. The molecule has 0 amide bonds. The lowest BCUT2D eigenvalue weighted by atomic mass is 10.4. The van der Waals surface area contributed by atoms with Gasteiger partial charge in [-0.15, -0.1) is 0 Å². The van der Waals surface area contributed by atoms with Crippen LogP contribution in [0.1, 0.15) is 10.6 Å². The van der Waals surface area contributed by atoms with E-state index in [0.717, 1.165) is 16.2 Å².